The Balaban J connectivity index is 1.88. The van der Waals surface area contributed by atoms with Gasteiger partial charge >= 0.3 is 0 Å². The molecule has 1 saturated carbocycles. The van der Waals surface area contributed by atoms with Crippen molar-refractivity contribution in [1.82, 2.24) is 4.57 Å². The first-order valence-electron chi connectivity index (χ1n) is 10.6. The lowest BCUT2D eigenvalue weighted by Gasteiger charge is -2.26. The summed E-state index contributed by atoms with van der Waals surface area (Å²) in [6, 6.07) is 3.89. The van der Waals surface area contributed by atoms with Gasteiger partial charge in [0, 0.05) is 24.6 Å². The number of thiazole rings is 1. The minimum absolute atomic E-state index is 0.0160. The van der Waals surface area contributed by atoms with Gasteiger partial charge in [-0.1, -0.05) is 43.6 Å². The quantitative estimate of drug-likeness (QED) is 0.547. The molecule has 29 heavy (non-hydrogen) atoms. The van der Waals surface area contributed by atoms with E-state index in [4.69, 9.17) is 9.47 Å². The smallest absolute Gasteiger partial charge is 0.251 e. The van der Waals surface area contributed by atoms with Crippen molar-refractivity contribution < 1.29 is 14.3 Å². The minimum atomic E-state index is 0.0160. The molecule has 2 aromatic rings. The molecule has 1 aromatic heterocycles. The zero-order valence-electron chi connectivity index (χ0n) is 17.8. The highest BCUT2D eigenvalue weighted by Gasteiger charge is 2.26. The molecular weight excluding hydrogens is 384 g/mol. The Kier molecular flexibility index (Phi) is 7.53. The second-order valence-corrected chi connectivity index (χ2v) is 8.78. The first kappa shape index (κ1) is 21.6. The number of methoxy groups -OCH3 is 2. The molecule has 1 aliphatic carbocycles. The summed E-state index contributed by atoms with van der Waals surface area (Å²) < 4.78 is 13.9. The third-order valence-corrected chi connectivity index (χ3v) is 6.91. The molecule has 1 heterocycles. The number of ether oxygens (including phenoxy) is 2. The number of rotatable bonds is 8. The van der Waals surface area contributed by atoms with Gasteiger partial charge in [0.15, 0.2) is 16.3 Å². The summed E-state index contributed by atoms with van der Waals surface area (Å²) in [5.41, 5.74) is 0.974. The molecule has 1 aromatic carbocycles. The van der Waals surface area contributed by atoms with Crippen molar-refractivity contribution in [3.8, 4) is 11.5 Å². The predicted octanol–water partition coefficient (Wildman–Crippen LogP) is 5.33. The van der Waals surface area contributed by atoms with Gasteiger partial charge in [0.1, 0.15) is 0 Å². The lowest BCUT2D eigenvalue weighted by atomic mass is 9.79. The molecule has 0 aliphatic heterocycles. The predicted molar refractivity (Wildman–Crippen MR) is 119 cm³/mol. The summed E-state index contributed by atoms with van der Waals surface area (Å²) in [5.74, 6) is 2.20. The molecule has 3 rings (SSSR count). The van der Waals surface area contributed by atoms with Gasteiger partial charge in [-0.15, -0.1) is 6.58 Å². The maximum absolute atomic E-state index is 12.9. The number of carbonyl (C=O) groups excluding carboxylic acids is 1. The molecule has 0 N–H and O–H groups in total. The standard InChI is InChI=1S/C23H32N2O3S/c1-5-7-8-16-9-11-17(12-10-16)22(26)24-23-25(13-6-2)18-14-19(27-3)20(28-4)15-21(18)29-23/h6,14-17H,2,5,7-13H2,1,3-4H3. The number of carbonyl (C=O) groups is 1. The maximum Gasteiger partial charge on any atom is 0.251 e. The van der Waals surface area contributed by atoms with Crippen LogP contribution >= 0.6 is 11.3 Å². The normalized spacial score (nSPS) is 20.0. The molecule has 0 atom stereocenters. The van der Waals surface area contributed by atoms with Crippen molar-refractivity contribution in [1.29, 1.82) is 0 Å². The molecule has 5 nitrogen and oxygen atoms in total. The van der Waals surface area contributed by atoms with Crippen molar-refractivity contribution in [3.63, 3.8) is 0 Å². The number of nitrogens with zero attached hydrogens (tertiary/aromatic N) is 2. The number of allylic oxidation sites excluding steroid dienone is 1. The Morgan fingerprint density at radius 2 is 1.93 bits per heavy atom. The molecule has 0 radical (unpaired) electrons. The molecule has 0 saturated heterocycles. The van der Waals surface area contributed by atoms with E-state index in [0.29, 0.717) is 22.8 Å². The number of unbranched alkanes of at least 4 members (excludes halogenated alkanes) is 1. The van der Waals surface area contributed by atoms with Crippen LogP contribution in [0.15, 0.2) is 29.8 Å². The molecule has 0 bridgehead atoms. The Labute approximate surface area is 177 Å². The van der Waals surface area contributed by atoms with Crippen LogP contribution in [0.25, 0.3) is 10.2 Å². The molecule has 1 amide bonds. The molecule has 1 fully saturated rings. The van der Waals surface area contributed by atoms with Crippen LogP contribution < -0.4 is 14.3 Å². The molecule has 0 unspecified atom stereocenters. The van der Waals surface area contributed by atoms with Crippen molar-refractivity contribution in [2.24, 2.45) is 16.8 Å². The number of hydrogen-bond donors (Lipinski definition) is 0. The first-order chi connectivity index (χ1) is 14.1. The Hall–Kier alpha value is -2.08. The Morgan fingerprint density at radius 1 is 1.24 bits per heavy atom. The molecule has 0 spiro atoms. The lowest BCUT2D eigenvalue weighted by molar-refractivity contribution is -0.123. The number of benzene rings is 1. The van der Waals surface area contributed by atoms with Gasteiger partial charge in [-0.3, -0.25) is 4.79 Å². The van der Waals surface area contributed by atoms with Crippen LogP contribution in [0.5, 0.6) is 11.5 Å². The van der Waals surface area contributed by atoms with Crippen LogP contribution in [0.3, 0.4) is 0 Å². The van der Waals surface area contributed by atoms with E-state index in [9.17, 15) is 4.79 Å². The summed E-state index contributed by atoms with van der Waals surface area (Å²) in [6.07, 6.45) is 9.90. The zero-order valence-corrected chi connectivity index (χ0v) is 18.6. The van der Waals surface area contributed by atoms with Crippen LogP contribution in [-0.4, -0.2) is 24.7 Å². The topological polar surface area (TPSA) is 52.8 Å². The van der Waals surface area contributed by atoms with Crippen LogP contribution in [0.1, 0.15) is 51.9 Å². The third-order valence-electron chi connectivity index (χ3n) is 5.87. The SMILES string of the molecule is C=CCn1c(=NC(=O)C2CCC(CCCC)CC2)sc2cc(OC)c(OC)cc21. The van der Waals surface area contributed by atoms with E-state index in [1.54, 1.807) is 14.2 Å². The zero-order chi connectivity index (χ0) is 20.8. The fourth-order valence-corrected chi connectivity index (χ4v) is 5.22. The summed E-state index contributed by atoms with van der Waals surface area (Å²) in [4.78, 5) is 18.2. The van der Waals surface area contributed by atoms with Crippen LogP contribution in [0.4, 0.5) is 0 Å². The van der Waals surface area contributed by atoms with E-state index < -0.39 is 0 Å². The van der Waals surface area contributed by atoms with Gasteiger partial charge in [-0.2, -0.15) is 4.99 Å². The Bertz CT molecular complexity index is 920. The van der Waals surface area contributed by atoms with Crippen LogP contribution in [0.2, 0.25) is 0 Å². The largest absolute Gasteiger partial charge is 0.493 e. The van der Waals surface area contributed by atoms with E-state index in [0.717, 1.165) is 41.8 Å². The summed E-state index contributed by atoms with van der Waals surface area (Å²) >= 11 is 1.51. The second kappa shape index (κ2) is 10.1. The van der Waals surface area contributed by atoms with E-state index >= 15 is 0 Å². The fraction of sp³-hybridized carbons (Fsp3) is 0.565. The van der Waals surface area contributed by atoms with E-state index in [1.807, 2.05) is 22.8 Å². The van der Waals surface area contributed by atoms with Gasteiger partial charge in [0.05, 0.1) is 24.4 Å². The van der Waals surface area contributed by atoms with Gasteiger partial charge in [-0.25, -0.2) is 0 Å². The third kappa shape index (κ3) is 4.92. The molecule has 1 aliphatic rings. The summed E-state index contributed by atoms with van der Waals surface area (Å²) in [5, 5.41) is 0. The molecular formula is C23H32N2O3S. The summed E-state index contributed by atoms with van der Waals surface area (Å²) in [6.45, 7) is 6.69. The van der Waals surface area contributed by atoms with Crippen molar-refractivity contribution in [2.75, 3.05) is 14.2 Å². The number of hydrogen-bond acceptors (Lipinski definition) is 4. The lowest BCUT2D eigenvalue weighted by Crippen LogP contribution is -2.24. The van der Waals surface area contributed by atoms with Crippen molar-refractivity contribution >= 4 is 27.5 Å². The van der Waals surface area contributed by atoms with Crippen molar-refractivity contribution in [3.05, 3.63) is 29.6 Å². The van der Waals surface area contributed by atoms with E-state index in [-0.39, 0.29) is 11.8 Å². The number of aromatic nitrogens is 1. The number of amides is 1. The number of fused-ring (bicyclic) bond motifs is 1. The van der Waals surface area contributed by atoms with Gasteiger partial charge < -0.3 is 14.0 Å². The van der Waals surface area contributed by atoms with Gasteiger partial charge in [-0.05, 0) is 31.6 Å². The molecule has 6 heteroatoms. The van der Waals surface area contributed by atoms with Crippen LogP contribution in [0, 0.1) is 11.8 Å². The highest BCUT2D eigenvalue weighted by molar-refractivity contribution is 7.16. The average Bonchev–Trinajstić information content (AvgIpc) is 3.07. The molecule has 158 valence electrons. The summed E-state index contributed by atoms with van der Waals surface area (Å²) in [7, 11) is 3.25. The maximum atomic E-state index is 12.9. The average molecular weight is 417 g/mol. The van der Waals surface area contributed by atoms with Gasteiger partial charge in [0.2, 0.25) is 0 Å². The van der Waals surface area contributed by atoms with Crippen LogP contribution in [-0.2, 0) is 11.3 Å². The highest BCUT2D eigenvalue weighted by atomic mass is 32.1. The monoisotopic (exact) mass is 416 g/mol. The highest BCUT2D eigenvalue weighted by Crippen LogP contribution is 2.34. The van der Waals surface area contributed by atoms with Gasteiger partial charge in [0.25, 0.3) is 5.91 Å². The first-order valence-corrected chi connectivity index (χ1v) is 11.4. The van der Waals surface area contributed by atoms with E-state index in [1.165, 1.54) is 30.6 Å². The fourth-order valence-electron chi connectivity index (χ4n) is 4.16. The Morgan fingerprint density at radius 3 is 2.55 bits per heavy atom. The second-order valence-electron chi connectivity index (χ2n) is 7.77. The van der Waals surface area contributed by atoms with Crippen molar-refractivity contribution in [2.45, 2.75) is 58.4 Å². The minimum Gasteiger partial charge on any atom is -0.493 e. The van der Waals surface area contributed by atoms with E-state index in [2.05, 4.69) is 18.5 Å².